The molecule has 0 radical (unpaired) electrons. The fourth-order valence-corrected chi connectivity index (χ4v) is 3.03. The summed E-state index contributed by atoms with van der Waals surface area (Å²) in [5.41, 5.74) is 0. The summed E-state index contributed by atoms with van der Waals surface area (Å²) in [5.74, 6) is 4.17. The second-order valence-electron chi connectivity index (χ2n) is 6.00. The van der Waals surface area contributed by atoms with Crippen molar-refractivity contribution in [2.45, 2.75) is 66.2 Å². The molecule has 2 saturated carbocycles. The van der Waals surface area contributed by atoms with Gasteiger partial charge in [-0.1, -0.05) is 53.4 Å². The smallest absolute Gasteiger partial charge is 0.0360 e. The molecule has 3 unspecified atom stereocenters. The van der Waals surface area contributed by atoms with E-state index in [0.717, 1.165) is 23.7 Å². The van der Waals surface area contributed by atoms with E-state index in [1.807, 2.05) is 0 Å². The van der Waals surface area contributed by atoms with Crippen molar-refractivity contribution in [1.82, 2.24) is 0 Å². The van der Waals surface area contributed by atoms with Gasteiger partial charge in [0.2, 0.25) is 0 Å². The lowest BCUT2D eigenvalue weighted by molar-refractivity contribution is 0.238. The van der Waals surface area contributed by atoms with Crippen LogP contribution in [-0.2, 0) is 0 Å². The van der Waals surface area contributed by atoms with E-state index >= 15 is 0 Å². The van der Waals surface area contributed by atoms with Gasteiger partial charge in [-0.05, 0) is 36.5 Å². The minimum atomic E-state index is 0.833. The van der Waals surface area contributed by atoms with Gasteiger partial charge in [-0.25, -0.2) is 0 Å². The zero-order valence-corrected chi connectivity index (χ0v) is 10.6. The molecule has 0 aromatic heterocycles. The zero-order valence-electron chi connectivity index (χ0n) is 10.6. The summed E-state index contributed by atoms with van der Waals surface area (Å²) in [6.07, 6.45) is 9.21. The van der Waals surface area contributed by atoms with Crippen molar-refractivity contribution in [2.75, 3.05) is 0 Å². The molecule has 0 aromatic carbocycles. The van der Waals surface area contributed by atoms with Crippen LogP contribution < -0.4 is 0 Å². The quantitative estimate of drug-likeness (QED) is 0.518. The van der Waals surface area contributed by atoms with E-state index in [4.69, 9.17) is 0 Å². The molecule has 0 heteroatoms. The molecule has 84 valence electrons. The van der Waals surface area contributed by atoms with Crippen LogP contribution in [0.4, 0.5) is 0 Å². The minimum Gasteiger partial charge on any atom is -0.0630 e. The Bertz CT molecular complexity index is 143. The highest BCUT2D eigenvalue weighted by Gasteiger charge is 2.34. The van der Waals surface area contributed by atoms with E-state index < -0.39 is 0 Å². The first-order valence-corrected chi connectivity index (χ1v) is 6.61. The first kappa shape index (κ1) is 12.1. The van der Waals surface area contributed by atoms with E-state index in [2.05, 4.69) is 27.7 Å². The standard InChI is InChI=1S/C10H18.C4H10/c1-8-6-7-9-4-2-3-5-10(8)9;1-4(2)3/h8-10H,2-7H2,1H3;4H,1-3H3. The van der Waals surface area contributed by atoms with Crippen LogP contribution in [0.2, 0.25) is 0 Å². The van der Waals surface area contributed by atoms with Gasteiger partial charge in [-0.2, -0.15) is 0 Å². The number of hydrogen-bond acceptors (Lipinski definition) is 0. The van der Waals surface area contributed by atoms with Crippen molar-refractivity contribution in [2.24, 2.45) is 23.7 Å². The van der Waals surface area contributed by atoms with Crippen LogP contribution in [0.15, 0.2) is 0 Å². The van der Waals surface area contributed by atoms with Gasteiger partial charge in [0.05, 0.1) is 0 Å². The lowest BCUT2D eigenvalue weighted by Gasteiger charge is -2.27. The van der Waals surface area contributed by atoms with Crippen LogP contribution in [0.25, 0.3) is 0 Å². The van der Waals surface area contributed by atoms with Crippen LogP contribution in [0.3, 0.4) is 0 Å². The van der Waals surface area contributed by atoms with Crippen molar-refractivity contribution in [3.8, 4) is 0 Å². The van der Waals surface area contributed by atoms with Gasteiger partial charge in [-0.15, -0.1) is 0 Å². The zero-order chi connectivity index (χ0) is 10.6. The highest BCUT2D eigenvalue weighted by molar-refractivity contribution is 4.85. The van der Waals surface area contributed by atoms with Gasteiger partial charge in [0, 0.05) is 0 Å². The fraction of sp³-hybridized carbons (Fsp3) is 1.00. The minimum absolute atomic E-state index is 0.833. The highest BCUT2D eigenvalue weighted by atomic mass is 14.4. The number of fused-ring (bicyclic) bond motifs is 1. The van der Waals surface area contributed by atoms with Gasteiger partial charge in [0.15, 0.2) is 0 Å². The second kappa shape index (κ2) is 5.78. The summed E-state index contributed by atoms with van der Waals surface area (Å²) in [6.45, 7) is 8.95. The van der Waals surface area contributed by atoms with Crippen molar-refractivity contribution in [3.63, 3.8) is 0 Å². The molecule has 14 heavy (non-hydrogen) atoms. The normalized spacial score (nSPS) is 36.2. The van der Waals surface area contributed by atoms with Crippen molar-refractivity contribution in [1.29, 1.82) is 0 Å². The molecule has 2 aliphatic carbocycles. The monoisotopic (exact) mass is 196 g/mol. The summed E-state index contributed by atoms with van der Waals surface area (Å²) in [5, 5.41) is 0. The Kier molecular flexibility index (Phi) is 4.98. The van der Waals surface area contributed by atoms with E-state index in [0.29, 0.717) is 0 Å². The van der Waals surface area contributed by atoms with Crippen molar-refractivity contribution < 1.29 is 0 Å². The molecule has 2 rings (SSSR count). The lowest BCUT2D eigenvalue weighted by Crippen LogP contribution is -2.17. The average Bonchev–Trinajstić information content (AvgIpc) is 2.48. The first-order chi connectivity index (χ1) is 6.61. The fourth-order valence-electron chi connectivity index (χ4n) is 3.03. The summed E-state index contributed by atoms with van der Waals surface area (Å²) in [7, 11) is 0. The van der Waals surface area contributed by atoms with Gasteiger partial charge in [0.25, 0.3) is 0 Å². The predicted octanol–water partition coefficient (Wildman–Crippen LogP) is 4.89. The summed E-state index contributed by atoms with van der Waals surface area (Å²) in [6, 6.07) is 0. The maximum Gasteiger partial charge on any atom is -0.0360 e. The molecule has 0 bridgehead atoms. The molecular weight excluding hydrogens is 168 g/mol. The first-order valence-electron chi connectivity index (χ1n) is 6.61. The predicted molar refractivity (Wildman–Crippen MR) is 64.4 cm³/mol. The summed E-state index contributed by atoms with van der Waals surface area (Å²) >= 11 is 0. The molecule has 3 atom stereocenters. The van der Waals surface area contributed by atoms with Gasteiger partial charge in [0.1, 0.15) is 0 Å². The van der Waals surface area contributed by atoms with E-state index in [9.17, 15) is 0 Å². The van der Waals surface area contributed by atoms with Crippen molar-refractivity contribution >= 4 is 0 Å². The third-order valence-corrected chi connectivity index (χ3v) is 3.69. The van der Waals surface area contributed by atoms with Gasteiger partial charge >= 0.3 is 0 Å². The lowest BCUT2D eigenvalue weighted by atomic mass is 9.79. The SMILES string of the molecule is CC(C)C.CC1CCC2CCCCC12. The van der Waals surface area contributed by atoms with Crippen molar-refractivity contribution in [3.05, 3.63) is 0 Å². The molecule has 2 fully saturated rings. The van der Waals surface area contributed by atoms with E-state index in [-0.39, 0.29) is 0 Å². The Hall–Kier alpha value is 0. The van der Waals surface area contributed by atoms with Crippen LogP contribution in [-0.4, -0.2) is 0 Å². The molecule has 0 nitrogen and oxygen atoms in total. The molecular formula is C14H28. The molecule has 0 heterocycles. The van der Waals surface area contributed by atoms with Crippen LogP contribution >= 0.6 is 0 Å². The molecule has 0 aliphatic heterocycles. The van der Waals surface area contributed by atoms with Crippen LogP contribution in [0.5, 0.6) is 0 Å². The van der Waals surface area contributed by atoms with Crippen LogP contribution in [0, 0.1) is 23.7 Å². The number of hydrogen-bond donors (Lipinski definition) is 0. The van der Waals surface area contributed by atoms with E-state index in [1.54, 1.807) is 19.3 Å². The topological polar surface area (TPSA) is 0 Å². The Balaban J connectivity index is 0.000000213. The molecule has 0 spiro atoms. The Morgan fingerprint density at radius 3 is 2.00 bits per heavy atom. The molecule has 0 N–H and O–H groups in total. The molecule has 0 aromatic rings. The third kappa shape index (κ3) is 3.63. The van der Waals surface area contributed by atoms with Gasteiger partial charge < -0.3 is 0 Å². The maximum atomic E-state index is 2.45. The maximum absolute atomic E-state index is 2.45. The molecule has 0 amide bonds. The second-order valence-corrected chi connectivity index (χ2v) is 6.00. The average molecular weight is 196 g/mol. The van der Waals surface area contributed by atoms with Crippen LogP contribution in [0.1, 0.15) is 66.2 Å². The van der Waals surface area contributed by atoms with E-state index in [1.165, 1.54) is 19.3 Å². The largest absolute Gasteiger partial charge is 0.0630 e. The molecule has 0 saturated heterocycles. The third-order valence-electron chi connectivity index (χ3n) is 3.69. The Morgan fingerprint density at radius 2 is 1.43 bits per heavy atom. The number of rotatable bonds is 0. The van der Waals surface area contributed by atoms with Gasteiger partial charge in [-0.3, -0.25) is 0 Å². The Morgan fingerprint density at radius 1 is 0.857 bits per heavy atom. The molecule has 2 aliphatic rings. The highest BCUT2D eigenvalue weighted by Crippen LogP contribution is 2.45. The summed E-state index contributed by atoms with van der Waals surface area (Å²) in [4.78, 5) is 0. The Labute approximate surface area is 90.5 Å². The summed E-state index contributed by atoms with van der Waals surface area (Å²) < 4.78 is 0.